The van der Waals surface area contributed by atoms with E-state index in [0.29, 0.717) is 29.9 Å². The molecule has 384 valence electrons. The largest absolute Gasteiger partial charge is 0.756 e. The van der Waals surface area contributed by atoms with Crippen LogP contribution in [0, 0.1) is 0 Å². The number of ether oxygens (including phenoxy) is 6. The summed E-state index contributed by atoms with van der Waals surface area (Å²) >= 11 is 0. The predicted molar refractivity (Wildman–Crippen MR) is 252 cm³/mol. The van der Waals surface area contributed by atoms with Crippen molar-refractivity contribution in [1.29, 1.82) is 0 Å². The van der Waals surface area contributed by atoms with Crippen molar-refractivity contribution >= 4 is 73.7 Å². The lowest BCUT2D eigenvalue weighted by Gasteiger charge is -2.32. The number of urea groups is 2. The molecular formula is C45H47N11O15P2-2. The highest BCUT2D eigenvalue weighted by Gasteiger charge is 2.55. The van der Waals surface area contributed by atoms with Crippen molar-refractivity contribution in [3.05, 3.63) is 115 Å². The number of benzene rings is 2. The van der Waals surface area contributed by atoms with E-state index in [1.165, 1.54) is 29.7 Å². The van der Waals surface area contributed by atoms with Gasteiger partial charge in [-0.05, 0) is 43.2 Å². The Morgan fingerprint density at radius 1 is 0.630 bits per heavy atom. The Balaban J connectivity index is 0.830. The summed E-state index contributed by atoms with van der Waals surface area (Å²) < 4.78 is 82.1. The minimum atomic E-state index is -5.73. The van der Waals surface area contributed by atoms with Crippen LogP contribution in [0.1, 0.15) is 37.4 Å². The van der Waals surface area contributed by atoms with Gasteiger partial charge in [-0.1, -0.05) is 72.8 Å². The molecule has 12 atom stereocenters. The zero-order chi connectivity index (χ0) is 50.7. The molecule has 5 unspecified atom stereocenters. The number of pyridine rings is 1. The third-order valence-electron chi connectivity index (χ3n) is 11.7. The molecule has 4 aliphatic rings. The molecule has 2 aromatic carbocycles. The number of anilines is 2. The Labute approximate surface area is 415 Å². The number of aromatic nitrogens is 7. The minimum Gasteiger partial charge on any atom is -0.756 e. The molecule has 26 nitrogen and oxygen atoms in total. The molecule has 4 amide bonds. The van der Waals surface area contributed by atoms with Crippen LogP contribution in [0.4, 0.5) is 21.1 Å². The number of carbonyl (C=O) groups excluding carboxylic acids is 2. The third-order valence-corrected chi connectivity index (χ3v) is 14.3. The summed E-state index contributed by atoms with van der Waals surface area (Å²) in [6.07, 6.45) is 2.31. The van der Waals surface area contributed by atoms with Gasteiger partial charge in [0.05, 0.1) is 31.6 Å². The van der Waals surface area contributed by atoms with Crippen LogP contribution < -0.4 is 31.1 Å². The monoisotopic (exact) mass is 1040 g/mol. The number of nitrogens with zero attached hydrogens (tertiary/aromatic N) is 7. The maximum Gasteiger partial charge on any atom is 0.320 e. The lowest BCUT2D eigenvalue weighted by atomic mass is 10.1. The van der Waals surface area contributed by atoms with E-state index in [1.807, 2.05) is 60.7 Å². The number of rotatable bonds is 18. The fourth-order valence-corrected chi connectivity index (χ4v) is 10.6. The van der Waals surface area contributed by atoms with Crippen LogP contribution in [0.25, 0.3) is 34.5 Å². The van der Waals surface area contributed by atoms with Crippen molar-refractivity contribution < 1.29 is 70.3 Å². The number of amides is 4. The van der Waals surface area contributed by atoms with Crippen LogP contribution in [-0.2, 0) is 50.9 Å². The Morgan fingerprint density at radius 3 is 1.66 bits per heavy atom. The van der Waals surface area contributed by atoms with E-state index in [0.717, 1.165) is 11.1 Å². The Hall–Kier alpha value is -6.35. The second-order valence-corrected chi connectivity index (χ2v) is 19.5. The number of carbonyl (C=O) groups is 2. The number of nitrogens with one attached hydrogen (secondary N) is 4. The fraction of sp³-hybridized carbons (Fsp3) is 0.356. The molecule has 73 heavy (non-hydrogen) atoms. The minimum absolute atomic E-state index is 0.111. The summed E-state index contributed by atoms with van der Waals surface area (Å²) in [7, 11) is -11.5. The van der Waals surface area contributed by atoms with Crippen molar-refractivity contribution in [2.24, 2.45) is 0 Å². The van der Waals surface area contributed by atoms with E-state index in [9.17, 15) is 28.5 Å². The average molecular weight is 1040 g/mol. The topological polar surface area (TPSA) is 320 Å². The summed E-state index contributed by atoms with van der Waals surface area (Å²) in [6.45, 7) is 2.69. The average Bonchev–Trinajstić information content (AvgIpc) is 4.24. The van der Waals surface area contributed by atoms with Crippen LogP contribution in [0.15, 0.2) is 104 Å². The lowest BCUT2D eigenvalue weighted by molar-refractivity contribution is -0.247. The number of phosphoric ester groups is 2. The van der Waals surface area contributed by atoms with Gasteiger partial charge in [-0.25, -0.2) is 38.8 Å². The van der Waals surface area contributed by atoms with Gasteiger partial charge in [-0.15, -0.1) is 0 Å². The quantitative estimate of drug-likeness (QED) is 0.0885. The van der Waals surface area contributed by atoms with Crippen LogP contribution in [-0.4, -0.2) is 122 Å². The lowest BCUT2D eigenvalue weighted by Crippen LogP contribution is -2.33. The first-order valence-electron chi connectivity index (χ1n) is 23.0. The highest BCUT2D eigenvalue weighted by Crippen LogP contribution is 2.57. The molecule has 4 saturated heterocycles. The highest BCUT2D eigenvalue weighted by atomic mass is 31.3. The van der Waals surface area contributed by atoms with Crippen LogP contribution in [0.2, 0.25) is 0 Å². The molecule has 0 aliphatic carbocycles. The van der Waals surface area contributed by atoms with Crippen molar-refractivity contribution in [2.75, 3.05) is 36.9 Å². The van der Waals surface area contributed by atoms with Gasteiger partial charge in [0, 0.05) is 19.3 Å². The zero-order valence-corrected chi connectivity index (χ0v) is 40.5. The van der Waals surface area contributed by atoms with Crippen LogP contribution in [0.5, 0.6) is 0 Å². The number of hydrogen-bond donors (Lipinski definition) is 4. The van der Waals surface area contributed by atoms with Gasteiger partial charge in [0.1, 0.15) is 48.5 Å². The number of phosphoric acid groups is 2. The Kier molecular flexibility index (Phi) is 14.9. The maximum absolute atomic E-state index is 13.3. The summed E-state index contributed by atoms with van der Waals surface area (Å²) in [4.78, 5) is 73.2. The van der Waals surface area contributed by atoms with Crippen molar-refractivity contribution in [1.82, 2.24) is 44.7 Å². The van der Waals surface area contributed by atoms with Crippen molar-refractivity contribution in [3.63, 3.8) is 0 Å². The molecule has 0 radical (unpaired) electrons. The van der Waals surface area contributed by atoms with E-state index < -0.39 is 103 Å². The maximum atomic E-state index is 13.3. The van der Waals surface area contributed by atoms with Gasteiger partial charge < -0.3 is 63.2 Å². The highest BCUT2D eigenvalue weighted by molar-refractivity contribution is 7.59. The second kappa shape index (κ2) is 21.6. The first kappa shape index (κ1) is 50.2. The van der Waals surface area contributed by atoms with E-state index >= 15 is 0 Å². The molecule has 4 fully saturated rings. The molecule has 0 saturated carbocycles. The standard InChI is InChI=1S/C45H49N11O15P2/c1-3-46-44(57)53-28-19-20-48-40-33(28)51-24-55(40)42-37-35(67-31(69-37)17-15-26-11-7-5-8-12-26)29(65-42)21-63-72(59,60)71-73(61,62)64-22-30-36-38(70-32(68-36)18-16-27-13-9-6-10-14-27)43(66-30)56-25-52-34-39(49-23-50-41(34)56)54-45(58)47-4-2/h5-20,23-25,29-32,35-38,42-43H,3-4,21-22H2,1-2H3,(H,59,60)(H,61,62)(H2,46,48,53,57)(H2,47,49,50,54,58)/p-2/b17-15+,18-16+/t29-,30-,31+,32-,35+,36?,37?,38?,42-,43-/m1/s1. The number of fused-ring (bicyclic) bond motifs is 4. The summed E-state index contributed by atoms with van der Waals surface area (Å²) in [5, 5.41) is 10.6. The second-order valence-electron chi connectivity index (χ2n) is 16.6. The predicted octanol–water partition coefficient (Wildman–Crippen LogP) is 3.98. The van der Waals surface area contributed by atoms with Gasteiger partial charge in [0.15, 0.2) is 47.7 Å². The zero-order valence-electron chi connectivity index (χ0n) is 38.7. The molecular weight excluding hydrogens is 997 g/mol. The number of imidazole rings is 2. The smallest absolute Gasteiger partial charge is 0.320 e. The summed E-state index contributed by atoms with van der Waals surface area (Å²) in [6, 6.07) is 19.3. The van der Waals surface area contributed by atoms with Crippen molar-refractivity contribution in [2.45, 2.75) is 75.5 Å². The van der Waals surface area contributed by atoms with Gasteiger partial charge in [0.25, 0.3) is 15.6 Å². The normalized spacial score (nSPS) is 27.3. The molecule has 28 heteroatoms. The molecule has 4 N–H and O–H groups in total. The molecule has 0 spiro atoms. The van der Waals surface area contributed by atoms with Crippen LogP contribution >= 0.6 is 15.6 Å². The third kappa shape index (κ3) is 11.3. The van der Waals surface area contributed by atoms with Crippen LogP contribution in [0.3, 0.4) is 0 Å². The molecule has 10 rings (SSSR count). The number of hydrogen-bond acceptors (Lipinski definition) is 20. The Morgan fingerprint density at radius 2 is 1.12 bits per heavy atom. The van der Waals surface area contributed by atoms with E-state index in [1.54, 1.807) is 48.8 Å². The van der Waals surface area contributed by atoms with E-state index in [2.05, 4.69) is 50.5 Å². The van der Waals surface area contributed by atoms with Gasteiger partial charge in [-0.3, -0.25) is 23.6 Å². The van der Waals surface area contributed by atoms with Crippen molar-refractivity contribution in [3.8, 4) is 0 Å². The first-order chi connectivity index (χ1) is 35.3. The van der Waals surface area contributed by atoms with E-state index in [-0.39, 0.29) is 17.0 Å². The molecule has 4 aromatic heterocycles. The molecule has 4 aliphatic heterocycles. The first-order valence-corrected chi connectivity index (χ1v) is 25.9. The summed E-state index contributed by atoms with van der Waals surface area (Å²) in [5.41, 5.74) is 3.13. The molecule has 6 aromatic rings. The summed E-state index contributed by atoms with van der Waals surface area (Å²) in [5.74, 6) is 0.111. The van der Waals surface area contributed by atoms with Gasteiger partial charge in [0.2, 0.25) is 0 Å². The molecule has 8 heterocycles. The van der Waals surface area contributed by atoms with Gasteiger partial charge in [-0.2, -0.15) is 0 Å². The SMILES string of the molecule is CCNC(=O)Nc1ncnc2c1ncn2[C@@H]1O[C@H](COP(=O)([O-])OP(=O)([O-])OC[C@H]2O[C@@H](n3cnc4c(NC(=O)NCC)ccnc43)C3O[C@@H](/C=C/c4ccccc4)O[C@H]32)C2O[C@@H](/C=C/c3ccccc3)OC21. The fourth-order valence-electron chi connectivity index (χ4n) is 8.61. The van der Waals surface area contributed by atoms with Gasteiger partial charge >= 0.3 is 12.1 Å². The van der Waals surface area contributed by atoms with E-state index in [4.69, 9.17) is 37.5 Å². The molecule has 0 bridgehead atoms. The Bertz CT molecular complexity index is 2890.